The molecule has 0 radical (unpaired) electrons. The zero-order valence-electron chi connectivity index (χ0n) is 11.0. The maximum absolute atomic E-state index is 12.3. The summed E-state index contributed by atoms with van der Waals surface area (Å²) in [6.07, 6.45) is 2.00. The molecule has 1 fully saturated rings. The van der Waals surface area contributed by atoms with E-state index in [9.17, 15) is 4.79 Å². The lowest BCUT2D eigenvalue weighted by molar-refractivity contribution is -0.134. The quantitative estimate of drug-likeness (QED) is 0.921. The standard InChI is InChI=1S/C14H19BrN2O2/c1-19-9-12(16)14(18)17-7-3-6-13(17)10-4-2-5-11(15)8-10/h2,4-5,8,12-13H,3,6-7,9,16H2,1H3. The van der Waals surface area contributed by atoms with Gasteiger partial charge in [-0.15, -0.1) is 0 Å². The van der Waals surface area contributed by atoms with Gasteiger partial charge in [0.15, 0.2) is 0 Å². The molecule has 1 amide bonds. The summed E-state index contributed by atoms with van der Waals surface area (Å²) >= 11 is 3.47. The predicted octanol–water partition coefficient (Wildman–Crippen LogP) is 2.09. The van der Waals surface area contributed by atoms with Crippen LogP contribution in [0.15, 0.2) is 28.7 Å². The van der Waals surface area contributed by atoms with E-state index in [2.05, 4.69) is 28.1 Å². The van der Waals surface area contributed by atoms with Crippen LogP contribution in [0, 0.1) is 0 Å². The van der Waals surface area contributed by atoms with Gasteiger partial charge in [-0.2, -0.15) is 0 Å². The van der Waals surface area contributed by atoms with Crippen LogP contribution in [0.2, 0.25) is 0 Å². The summed E-state index contributed by atoms with van der Waals surface area (Å²) in [7, 11) is 1.56. The number of nitrogens with zero attached hydrogens (tertiary/aromatic N) is 1. The Hall–Kier alpha value is -0.910. The van der Waals surface area contributed by atoms with Crippen LogP contribution in [-0.4, -0.2) is 37.1 Å². The van der Waals surface area contributed by atoms with Crippen LogP contribution in [-0.2, 0) is 9.53 Å². The van der Waals surface area contributed by atoms with Crippen molar-refractivity contribution in [2.24, 2.45) is 5.73 Å². The van der Waals surface area contributed by atoms with Gasteiger partial charge in [0.1, 0.15) is 6.04 Å². The molecule has 0 aromatic heterocycles. The third-order valence-corrected chi connectivity index (χ3v) is 3.93. The SMILES string of the molecule is COCC(N)C(=O)N1CCCC1c1cccc(Br)c1. The topological polar surface area (TPSA) is 55.6 Å². The highest BCUT2D eigenvalue weighted by Gasteiger charge is 2.32. The molecule has 104 valence electrons. The zero-order chi connectivity index (χ0) is 13.8. The summed E-state index contributed by atoms with van der Waals surface area (Å²) in [5.74, 6) is -0.0238. The fourth-order valence-electron chi connectivity index (χ4n) is 2.55. The molecule has 1 saturated heterocycles. The number of halogens is 1. The molecule has 1 aromatic carbocycles. The van der Waals surface area contributed by atoms with Crippen LogP contribution in [0.1, 0.15) is 24.4 Å². The van der Waals surface area contributed by atoms with E-state index in [-0.39, 0.29) is 18.6 Å². The molecule has 0 aliphatic carbocycles. The fraction of sp³-hybridized carbons (Fsp3) is 0.500. The van der Waals surface area contributed by atoms with E-state index < -0.39 is 6.04 Å². The minimum absolute atomic E-state index is 0.0238. The van der Waals surface area contributed by atoms with E-state index in [1.54, 1.807) is 7.11 Å². The number of rotatable bonds is 4. The van der Waals surface area contributed by atoms with Gasteiger partial charge in [0.25, 0.3) is 0 Å². The van der Waals surface area contributed by atoms with Gasteiger partial charge in [0.05, 0.1) is 12.6 Å². The molecular formula is C14H19BrN2O2. The summed E-state index contributed by atoms with van der Waals surface area (Å²) in [5, 5.41) is 0. The maximum Gasteiger partial charge on any atom is 0.242 e. The molecule has 5 heteroatoms. The zero-order valence-corrected chi connectivity index (χ0v) is 12.6. The van der Waals surface area contributed by atoms with Gasteiger partial charge < -0.3 is 15.4 Å². The van der Waals surface area contributed by atoms with Crippen molar-refractivity contribution >= 4 is 21.8 Å². The Morgan fingerprint density at radius 3 is 3.11 bits per heavy atom. The van der Waals surface area contributed by atoms with Crippen LogP contribution in [0.5, 0.6) is 0 Å². The van der Waals surface area contributed by atoms with E-state index in [4.69, 9.17) is 10.5 Å². The molecule has 4 nitrogen and oxygen atoms in total. The van der Waals surface area contributed by atoms with Crippen molar-refractivity contribution in [2.75, 3.05) is 20.3 Å². The second kappa shape index (κ2) is 6.50. The molecule has 0 spiro atoms. The van der Waals surface area contributed by atoms with Crippen LogP contribution in [0.4, 0.5) is 0 Å². The molecule has 19 heavy (non-hydrogen) atoms. The van der Waals surface area contributed by atoms with Gasteiger partial charge in [0, 0.05) is 18.1 Å². The number of ether oxygens (including phenoxy) is 1. The van der Waals surface area contributed by atoms with E-state index in [0.29, 0.717) is 0 Å². The number of benzene rings is 1. The van der Waals surface area contributed by atoms with Crippen molar-refractivity contribution < 1.29 is 9.53 Å². The Balaban J connectivity index is 2.15. The molecule has 1 heterocycles. The van der Waals surface area contributed by atoms with Crippen molar-refractivity contribution in [3.8, 4) is 0 Å². The maximum atomic E-state index is 12.3. The van der Waals surface area contributed by atoms with Crippen LogP contribution >= 0.6 is 15.9 Å². The largest absolute Gasteiger partial charge is 0.383 e. The van der Waals surface area contributed by atoms with Crippen molar-refractivity contribution in [1.82, 2.24) is 4.90 Å². The average molecular weight is 327 g/mol. The summed E-state index contributed by atoms with van der Waals surface area (Å²) in [4.78, 5) is 14.2. The number of nitrogens with two attached hydrogens (primary N) is 1. The minimum atomic E-state index is -0.572. The van der Waals surface area contributed by atoms with E-state index in [1.165, 1.54) is 0 Å². The highest BCUT2D eigenvalue weighted by molar-refractivity contribution is 9.10. The van der Waals surface area contributed by atoms with Gasteiger partial charge in [0.2, 0.25) is 5.91 Å². The number of methoxy groups -OCH3 is 1. The molecule has 2 rings (SSSR count). The molecule has 2 unspecified atom stereocenters. The minimum Gasteiger partial charge on any atom is -0.383 e. The van der Waals surface area contributed by atoms with Crippen molar-refractivity contribution in [3.05, 3.63) is 34.3 Å². The first-order chi connectivity index (χ1) is 9.13. The molecule has 0 bridgehead atoms. The Labute approximate surface area is 122 Å². The smallest absolute Gasteiger partial charge is 0.242 e. The van der Waals surface area contributed by atoms with Gasteiger partial charge in [-0.05, 0) is 30.5 Å². The lowest BCUT2D eigenvalue weighted by Crippen LogP contribution is -2.45. The molecule has 1 aromatic rings. The summed E-state index contributed by atoms with van der Waals surface area (Å²) < 4.78 is 6.00. The number of carbonyl (C=O) groups excluding carboxylic acids is 1. The van der Waals surface area contributed by atoms with E-state index in [0.717, 1.165) is 29.4 Å². The van der Waals surface area contributed by atoms with Gasteiger partial charge in [-0.25, -0.2) is 0 Å². The van der Waals surface area contributed by atoms with Crippen LogP contribution in [0.3, 0.4) is 0 Å². The second-order valence-corrected chi connectivity index (χ2v) is 5.72. The van der Waals surface area contributed by atoms with Gasteiger partial charge in [-0.3, -0.25) is 4.79 Å². The molecule has 2 atom stereocenters. The van der Waals surface area contributed by atoms with Gasteiger partial charge >= 0.3 is 0 Å². The summed E-state index contributed by atoms with van der Waals surface area (Å²) in [5.41, 5.74) is 7.01. The molecular weight excluding hydrogens is 308 g/mol. The van der Waals surface area contributed by atoms with Crippen molar-refractivity contribution in [1.29, 1.82) is 0 Å². The molecule has 0 saturated carbocycles. The molecule has 2 N–H and O–H groups in total. The number of carbonyl (C=O) groups is 1. The number of likely N-dealkylation sites (tertiary alicyclic amines) is 1. The van der Waals surface area contributed by atoms with Crippen molar-refractivity contribution in [3.63, 3.8) is 0 Å². The van der Waals surface area contributed by atoms with Crippen LogP contribution in [0.25, 0.3) is 0 Å². The number of hydrogen-bond acceptors (Lipinski definition) is 3. The summed E-state index contributed by atoms with van der Waals surface area (Å²) in [6, 6.07) is 7.67. The monoisotopic (exact) mass is 326 g/mol. The first-order valence-electron chi connectivity index (χ1n) is 6.44. The second-order valence-electron chi connectivity index (χ2n) is 4.81. The molecule has 1 aliphatic heterocycles. The number of hydrogen-bond donors (Lipinski definition) is 1. The van der Waals surface area contributed by atoms with E-state index >= 15 is 0 Å². The molecule has 1 aliphatic rings. The lowest BCUT2D eigenvalue weighted by Gasteiger charge is -2.27. The Bertz CT molecular complexity index is 453. The number of amides is 1. The predicted molar refractivity (Wildman–Crippen MR) is 77.7 cm³/mol. The third-order valence-electron chi connectivity index (χ3n) is 3.43. The fourth-order valence-corrected chi connectivity index (χ4v) is 2.97. The highest BCUT2D eigenvalue weighted by atomic mass is 79.9. The average Bonchev–Trinajstić information content (AvgIpc) is 2.87. The normalized spacial score (nSPS) is 20.6. The summed E-state index contributed by atoms with van der Waals surface area (Å²) in [6.45, 7) is 1.04. The Morgan fingerprint density at radius 1 is 1.63 bits per heavy atom. The Kier molecular flexibility index (Phi) is 4.96. The van der Waals surface area contributed by atoms with E-state index in [1.807, 2.05) is 17.0 Å². The van der Waals surface area contributed by atoms with Crippen LogP contribution < -0.4 is 5.73 Å². The highest BCUT2D eigenvalue weighted by Crippen LogP contribution is 2.33. The third kappa shape index (κ3) is 3.35. The Morgan fingerprint density at radius 2 is 2.42 bits per heavy atom. The lowest BCUT2D eigenvalue weighted by atomic mass is 10.0. The van der Waals surface area contributed by atoms with Crippen molar-refractivity contribution in [2.45, 2.75) is 24.9 Å². The first kappa shape index (κ1) is 14.5. The first-order valence-corrected chi connectivity index (χ1v) is 7.23. The van der Waals surface area contributed by atoms with Gasteiger partial charge in [-0.1, -0.05) is 28.1 Å².